The maximum absolute atomic E-state index is 12.3. The van der Waals surface area contributed by atoms with Gasteiger partial charge in [-0.05, 0) is 32.6 Å². The molecule has 1 N–H and O–H groups in total. The van der Waals surface area contributed by atoms with Gasteiger partial charge in [-0.3, -0.25) is 0 Å². The van der Waals surface area contributed by atoms with Crippen molar-refractivity contribution in [1.29, 1.82) is 0 Å². The summed E-state index contributed by atoms with van der Waals surface area (Å²) in [6.07, 6.45) is 2.22. The van der Waals surface area contributed by atoms with Crippen molar-refractivity contribution in [3.05, 3.63) is 10.7 Å². The van der Waals surface area contributed by atoms with Gasteiger partial charge >= 0.3 is 0 Å². The van der Waals surface area contributed by atoms with Gasteiger partial charge in [-0.15, -0.1) is 0 Å². The van der Waals surface area contributed by atoms with Crippen LogP contribution in [0, 0.1) is 19.8 Å². The Hall–Kier alpha value is -0.990. The van der Waals surface area contributed by atoms with Crippen LogP contribution < -0.4 is 4.72 Å². The highest BCUT2D eigenvalue weighted by atomic mass is 32.2. The Kier molecular flexibility index (Phi) is 2.68. The minimum atomic E-state index is -3.52. The summed E-state index contributed by atoms with van der Waals surface area (Å²) >= 11 is 1.39. The summed E-state index contributed by atoms with van der Waals surface area (Å²) < 4.78 is 28.6. The van der Waals surface area contributed by atoms with E-state index >= 15 is 0 Å². The van der Waals surface area contributed by atoms with Gasteiger partial charge in [0.15, 0.2) is 5.03 Å². The molecule has 0 radical (unpaired) electrons. The van der Waals surface area contributed by atoms with Crippen molar-refractivity contribution < 1.29 is 8.42 Å². The lowest BCUT2D eigenvalue weighted by Gasteiger charge is -2.04. The van der Waals surface area contributed by atoms with Crippen molar-refractivity contribution in [3.63, 3.8) is 0 Å². The number of aryl methyl sites for hydroxylation is 2. The van der Waals surface area contributed by atoms with Crippen LogP contribution in [-0.4, -0.2) is 29.6 Å². The van der Waals surface area contributed by atoms with E-state index in [1.165, 1.54) is 15.9 Å². The van der Waals surface area contributed by atoms with Gasteiger partial charge in [-0.2, -0.15) is 9.61 Å². The number of hydrogen-bond donors (Lipinski definition) is 1. The minimum absolute atomic E-state index is 0.169. The zero-order chi connectivity index (χ0) is 12.9. The number of imidazole rings is 1. The van der Waals surface area contributed by atoms with Crippen LogP contribution in [-0.2, 0) is 10.0 Å². The number of rotatable bonds is 4. The summed E-state index contributed by atoms with van der Waals surface area (Å²) in [6, 6.07) is 0. The van der Waals surface area contributed by atoms with E-state index in [-0.39, 0.29) is 5.03 Å². The number of sulfonamides is 1. The van der Waals surface area contributed by atoms with Crippen molar-refractivity contribution in [2.45, 2.75) is 31.7 Å². The van der Waals surface area contributed by atoms with E-state index in [0.717, 1.165) is 17.8 Å². The van der Waals surface area contributed by atoms with E-state index in [1.54, 1.807) is 6.92 Å². The molecule has 0 aromatic carbocycles. The maximum Gasteiger partial charge on any atom is 0.260 e. The molecule has 0 atom stereocenters. The molecule has 1 aliphatic carbocycles. The van der Waals surface area contributed by atoms with E-state index in [9.17, 15) is 8.42 Å². The molecule has 98 valence electrons. The molecule has 2 aromatic heterocycles. The molecule has 0 unspecified atom stereocenters. The van der Waals surface area contributed by atoms with Crippen LogP contribution in [0.2, 0.25) is 0 Å². The van der Waals surface area contributed by atoms with Crippen molar-refractivity contribution >= 4 is 26.3 Å². The Morgan fingerprint density at radius 1 is 1.44 bits per heavy atom. The average Bonchev–Trinajstić information content (AvgIpc) is 2.95. The summed E-state index contributed by atoms with van der Waals surface area (Å²) in [5.74, 6) is 0.501. The molecule has 2 heterocycles. The standard InChI is InChI=1S/C10H14N4O2S2/c1-6-9(14-10(12-6)17-7(2)13-14)18(15,16)11-5-8-3-4-8/h8,11H,3-5H2,1-2H3. The van der Waals surface area contributed by atoms with Gasteiger partial charge in [0, 0.05) is 6.54 Å². The number of aromatic nitrogens is 3. The summed E-state index contributed by atoms with van der Waals surface area (Å²) in [5, 5.41) is 5.17. The van der Waals surface area contributed by atoms with E-state index in [2.05, 4.69) is 14.8 Å². The molecular weight excluding hydrogens is 272 g/mol. The second-order valence-corrected chi connectivity index (χ2v) is 7.46. The predicted octanol–water partition coefficient (Wildman–Crippen LogP) is 1.10. The second-order valence-electron chi connectivity index (χ2n) is 4.61. The van der Waals surface area contributed by atoms with Crippen LogP contribution in [0.5, 0.6) is 0 Å². The normalized spacial score (nSPS) is 16.6. The molecule has 6 nitrogen and oxygen atoms in total. The first-order valence-corrected chi connectivity index (χ1v) is 8.10. The van der Waals surface area contributed by atoms with Crippen LogP contribution in [0.1, 0.15) is 23.5 Å². The van der Waals surface area contributed by atoms with Gasteiger partial charge in [0.1, 0.15) is 5.01 Å². The molecule has 2 aromatic rings. The Morgan fingerprint density at radius 3 is 2.83 bits per heavy atom. The molecule has 0 amide bonds. The molecule has 0 bridgehead atoms. The highest BCUT2D eigenvalue weighted by molar-refractivity contribution is 7.89. The fraction of sp³-hybridized carbons (Fsp3) is 0.600. The summed E-state index contributed by atoms with van der Waals surface area (Å²) in [6.45, 7) is 4.04. The van der Waals surface area contributed by atoms with Crippen LogP contribution in [0.3, 0.4) is 0 Å². The van der Waals surface area contributed by atoms with Crippen molar-refractivity contribution in [2.75, 3.05) is 6.54 Å². The molecule has 0 spiro atoms. The van der Waals surface area contributed by atoms with Crippen LogP contribution in [0.25, 0.3) is 4.96 Å². The largest absolute Gasteiger partial charge is 0.260 e. The predicted molar refractivity (Wildman–Crippen MR) is 68.3 cm³/mol. The Morgan fingerprint density at radius 2 is 2.17 bits per heavy atom. The molecule has 1 saturated carbocycles. The SMILES string of the molecule is Cc1nn2c(S(=O)(=O)NCC3CC3)c(C)nc2s1. The molecule has 1 fully saturated rings. The highest BCUT2D eigenvalue weighted by Crippen LogP contribution is 2.28. The van der Waals surface area contributed by atoms with Crippen LogP contribution >= 0.6 is 11.3 Å². The third kappa shape index (κ3) is 2.04. The minimum Gasteiger partial charge on any atom is -0.221 e. The van der Waals surface area contributed by atoms with E-state index < -0.39 is 10.0 Å². The molecule has 0 saturated heterocycles. The zero-order valence-electron chi connectivity index (χ0n) is 10.2. The first-order valence-electron chi connectivity index (χ1n) is 5.80. The number of nitrogens with one attached hydrogen (secondary N) is 1. The lowest BCUT2D eigenvalue weighted by Crippen LogP contribution is -2.27. The van der Waals surface area contributed by atoms with Gasteiger partial charge in [-0.1, -0.05) is 11.3 Å². The van der Waals surface area contributed by atoms with Crippen molar-refractivity contribution in [3.8, 4) is 0 Å². The quantitative estimate of drug-likeness (QED) is 0.913. The monoisotopic (exact) mass is 286 g/mol. The molecular formula is C10H14N4O2S2. The third-order valence-corrected chi connectivity index (χ3v) is 5.29. The Labute approximate surface area is 109 Å². The van der Waals surface area contributed by atoms with Crippen LogP contribution in [0.4, 0.5) is 0 Å². The highest BCUT2D eigenvalue weighted by Gasteiger charge is 2.28. The Bertz CT molecular complexity index is 697. The first kappa shape index (κ1) is 12.1. The van der Waals surface area contributed by atoms with Crippen molar-refractivity contribution in [2.24, 2.45) is 5.92 Å². The van der Waals surface area contributed by atoms with Gasteiger partial charge in [0.05, 0.1) is 5.69 Å². The van der Waals surface area contributed by atoms with E-state index in [0.29, 0.717) is 23.1 Å². The van der Waals surface area contributed by atoms with Gasteiger partial charge in [0.25, 0.3) is 10.0 Å². The number of fused-ring (bicyclic) bond motifs is 1. The van der Waals surface area contributed by atoms with Crippen molar-refractivity contribution in [1.82, 2.24) is 19.3 Å². The van der Waals surface area contributed by atoms with Crippen LogP contribution in [0.15, 0.2) is 5.03 Å². The summed E-state index contributed by atoms with van der Waals surface area (Å²) in [5.41, 5.74) is 0.497. The number of hydrogen-bond acceptors (Lipinski definition) is 5. The van der Waals surface area contributed by atoms with E-state index in [4.69, 9.17) is 0 Å². The van der Waals surface area contributed by atoms with Gasteiger partial charge < -0.3 is 0 Å². The smallest absolute Gasteiger partial charge is 0.221 e. The average molecular weight is 286 g/mol. The third-order valence-electron chi connectivity index (χ3n) is 2.94. The molecule has 0 aliphatic heterocycles. The second kappa shape index (κ2) is 4.01. The van der Waals surface area contributed by atoms with Gasteiger partial charge in [-0.25, -0.2) is 18.1 Å². The topological polar surface area (TPSA) is 76.4 Å². The van der Waals surface area contributed by atoms with Gasteiger partial charge in [0.2, 0.25) is 4.96 Å². The summed E-state index contributed by atoms with van der Waals surface area (Å²) in [7, 11) is -3.52. The molecule has 1 aliphatic rings. The number of nitrogens with zero attached hydrogens (tertiary/aromatic N) is 3. The molecule has 18 heavy (non-hydrogen) atoms. The fourth-order valence-corrected chi connectivity index (χ4v) is 4.08. The summed E-state index contributed by atoms with van der Waals surface area (Å²) in [4.78, 5) is 4.86. The maximum atomic E-state index is 12.3. The zero-order valence-corrected chi connectivity index (χ0v) is 11.8. The first-order chi connectivity index (χ1) is 8.47. The molecule has 3 rings (SSSR count). The van der Waals surface area contributed by atoms with E-state index in [1.807, 2.05) is 6.92 Å². The lowest BCUT2D eigenvalue weighted by molar-refractivity contribution is 0.568. The fourth-order valence-electron chi connectivity index (χ4n) is 1.85. The molecule has 8 heteroatoms. The Balaban J connectivity index is 2.02. The lowest BCUT2D eigenvalue weighted by atomic mass is 10.4.